The summed E-state index contributed by atoms with van der Waals surface area (Å²) < 4.78 is 38.9. The van der Waals surface area contributed by atoms with Crippen LogP contribution in [0.15, 0.2) is 12.1 Å². The Bertz CT molecular complexity index is 280. The summed E-state index contributed by atoms with van der Waals surface area (Å²) in [6.45, 7) is 0. The van der Waals surface area contributed by atoms with Gasteiger partial charge in [0.15, 0.2) is 17.5 Å². The fourth-order valence-corrected chi connectivity index (χ4v) is 1.20. The topological polar surface area (TPSA) is 3.24 Å². The van der Waals surface area contributed by atoms with Gasteiger partial charge in [-0.3, -0.25) is 1.33 Å². The zero-order valence-corrected chi connectivity index (χ0v) is 9.81. The molecule has 0 saturated carbocycles. The molecule has 0 N–H and O–H groups in total. The van der Waals surface area contributed by atoms with Crippen LogP contribution in [0, 0.1) is 17.5 Å². The van der Waals surface area contributed by atoms with Gasteiger partial charge in [0.25, 0.3) is 0 Å². The molecule has 0 saturated heterocycles. The number of benzene rings is 1. The first-order chi connectivity index (χ1) is 5.52. The highest BCUT2D eigenvalue weighted by atomic mass is 127. The van der Waals surface area contributed by atoms with Crippen LogP contribution in [-0.2, 0) is 0 Å². The van der Waals surface area contributed by atoms with Gasteiger partial charge in [-0.1, -0.05) is 0 Å². The molecule has 1 nitrogen and oxygen atoms in total. The standard InChI is InChI=1S/C6H2F3I2N/c7-4-1-3(12(10)11)2-5(8)6(4)9/h1-2H. The lowest BCUT2D eigenvalue weighted by Crippen LogP contribution is -1.96. The van der Waals surface area contributed by atoms with Gasteiger partial charge in [0.05, 0.1) is 51.4 Å². The van der Waals surface area contributed by atoms with Gasteiger partial charge in [0.2, 0.25) is 0 Å². The summed E-state index contributed by atoms with van der Waals surface area (Å²) in [4.78, 5) is 0. The van der Waals surface area contributed by atoms with Crippen LogP contribution in [-0.4, -0.2) is 0 Å². The smallest absolute Gasteiger partial charge is 0.194 e. The van der Waals surface area contributed by atoms with E-state index < -0.39 is 17.5 Å². The highest BCUT2D eigenvalue weighted by Gasteiger charge is 2.11. The van der Waals surface area contributed by atoms with Crippen LogP contribution in [0.5, 0.6) is 0 Å². The largest absolute Gasteiger partial charge is 0.255 e. The van der Waals surface area contributed by atoms with E-state index in [9.17, 15) is 13.2 Å². The summed E-state index contributed by atoms with van der Waals surface area (Å²) in [5.41, 5.74) is 0.271. The Balaban J connectivity index is 3.21. The van der Waals surface area contributed by atoms with Gasteiger partial charge in [-0.05, 0) is 0 Å². The molecule has 0 spiro atoms. The third-order valence-corrected chi connectivity index (χ3v) is 2.28. The highest BCUT2D eigenvalue weighted by Crippen LogP contribution is 2.26. The van der Waals surface area contributed by atoms with Crippen molar-refractivity contribution in [2.45, 2.75) is 0 Å². The van der Waals surface area contributed by atoms with E-state index in [2.05, 4.69) is 0 Å². The van der Waals surface area contributed by atoms with Gasteiger partial charge in [-0.15, -0.1) is 0 Å². The lowest BCUT2D eigenvalue weighted by molar-refractivity contribution is 0.448. The first kappa shape index (κ1) is 10.4. The minimum Gasteiger partial charge on any atom is -0.255 e. The summed E-state index contributed by atoms with van der Waals surface area (Å²) in [6, 6.07) is 1.86. The molecule has 0 atom stereocenters. The summed E-state index contributed by atoms with van der Waals surface area (Å²) in [5.74, 6) is -3.79. The van der Waals surface area contributed by atoms with Gasteiger partial charge in [-0.25, -0.2) is 13.2 Å². The lowest BCUT2D eigenvalue weighted by atomic mass is 10.3. The van der Waals surface area contributed by atoms with E-state index >= 15 is 0 Å². The summed E-state index contributed by atoms with van der Waals surface area (Å²) in [6.07, 6.45) is 0. The number of hydrogen-bond acceptors (Lipinski definition) is 1. The Morgan fingerprint density at radius 1 is 1.00 bits per heavy atom. The number of halogens is 5. The normalized spacial score (nSPS) is 10.1. The van der Waals surface area contributed by atoms with Crippen LogP contribution >= 0.6 is 45.7 Å². The van der Waals surface area contributed by atoms with Crippen LogP contribution in [0.4, 0.5) is 18.9 Å². The molecular formula is C6H2F3I2N. The van der Waals surface area contributed by atoms with Gasteiger partial charge in [0.1, 0.15) is 0 Å². The maximum atomic E-state index is 12.6. The fraction of sp³-hybridized carbons (Fsp3) is 0. The predicted octanol–water partition coefficient (Wildman–Crippen LogP) is 3.61. The third-order valence-electron chi connectivity index (χ3n) is 1.16. The Kier molecular flexibility index (Phi) is 3.44. The van der Waals surface area contributed by atoms with Crippen molar-refractivity contribution >= 4 is 51.4 Å². The van der Waals surface area contributed by atoms with Gasteiger partial charge < -0.3 is 0 Å². The van der Waals surface area contributed by atoms with Crippen molar-refractivity contribution in [3.05, 3.63) is 29.6 Å². The van der Waals surface area contributed by atoms with E-state index in [1.54, 1.807) is 0 Å². The minimum atomic E-state index is -1.44. The van der Waals surface area contributed by atoms with Crippen LogP contribution in [0.3, 0.4) is 0 Å². The molecular weight excluding hydrogens is 397 g/mol. The molecule has 0 aliphatic heterocycles. The summed E-state index contributed by atoms with van der Waals surface area (Å²) in [7, 11) is 0. The van der Waals surface area contributed by atoms with Crippen molar-refractivity contribution in [1.29, 1.82) is 0 Å². The van der Waals surface area contributed by atoms with E-state index in [1.807, 2.05) is 45.7 Å². The van der Waals surface area contributed by atoms with Gasteiger partial charge in [0, 0.05) is 12.1 Å². The van der Waals surface area contributed by atoms with Crippen LogP contribution < -0.4 is 1.33 Å². The average molecular weight is 399 g/mol. The van der Waals surface area contributed by atoms with E-state index in [-0.39, 0.29) is 5.69 Å². The Morgan fingerprint density at radius 2 is 1.42 bits per heavy atom. The first-order valence-electron chi connectivity index (χ1n) is 2.78. The zero-order chi connectivity index (χ0) is 9.30. The molecule has 0 heterocycles. The highest BCUT2D eigenvalue weighted by molar-refractivity contribution is 14.2. The van der Waals surface area contributed by atoms with E-state index in [4.69, 9.17) is 0 Å². The molecule has 12 heavy (non-hydrogen) atoms. The molecule has 0 unspecified atom stereocenters. The van der Waals surface area contributed by atoms with Crippen molar-refractivity contribution in [2.75, 3.05) is 1.33 Å². The molecule has 66 valence electrons. The molecule has 1 aromatic carbocycles. The van der Waals surface area contributed by atoms with E-state index in [0.29, 0.717) is 0 Å². The number of nitrogens with zero attached hydrogens (tertiary/aromatic N) is 1. The van der Waals surface area contributed by atoms with Crippen molar-refractivity contribution in [1.82, 2.24) is 0 Å². The second kappa shape index (κ2) is 3.99. The second-order valence-electron chi connectivity index (χ2n) is 1.96. The molecule has 0 aliphatic rings. The van der Waals surface area contributed by atoms with Crippen LogP contribution in [0.25, 0.3) is 0 Å². The number of rotatable bonds is 1. The lowest BCUT2D eigenvalue weighted by Gasteiger charge is -2.07. The van der Waals surface area contributed by atoms with Crippen LogP contribution in [0.1, 0.15) is 0 Å². The molecule has 0 fully saturated rings. The van der Waals surface area contributed by atoms with Crippen LogP contribution in [0.2, 0.25) is 0 Å². The molecule has 0 aromatic heterocycles. The quantitative estimate of drug-likeness (QED) is 0.397. The maximum Gasteiger partial charge on any atom is 0.194 e. The molecule has 1 rings (SSSR count). The van der Waals surface area contributed by atoms with Crippen molar-refractivity contribution in [2.24, 2.45) is 0 Å². The first-order valence-corrected chi connectivity index (χ1v) is 4.71. The molecule has 0 bridgehead atoms. The SMILES string of the molecule is Fc1cc(N(I)I)cc(F)c1F. The fourth-order valence-electron chi connectivity index (χ4n) is 0.640. The molecule has 1 aromatic rings. The number of anilines is 1. The Morgan fingerprint density at radius 3 is 1.75 bits per heavy atom. The average Bonchev–Trinajstić information content (AvgIpc) is 1.99. The molecule has 0 radical (unpaired) electrons. The van der Waals surface area contributed by atoms with Gasteiger partial charge >= 0.3 is 0 Å². The van der Waals surface area contributed by atoms with Crippen molar-refractivity contribution in [3.8, 4) is 0 Å². The van der Waals surface area contributed by atoms with Gasteiger partial charge in [-0.2, -0.15) is 0 Å². The minimum absolute atomic E-state index is 0.271. The van der Waals surface area contributed by atoms with E-state index in [0.717, 1.165) is 12.1 Å². The third kappa shape index (κ3) is 2.15. The molecule has 0 amide bonds. The summed E-state index contributed by atoms with van der Waals surface area (Å²) in [5, 5.41) is 0. The zero-order valence-electron chi connectivity index (χ0n) is 5.49. The predicted molar refractivity (Wildman–Crippen MR) is 56.8 cm³/mol. The van der Waals surface area contributed by atoms with Crippen molar-refractivity contribution in [3.63, 3.8) is 0 Å². The Hall–Kier alpha value is 0.270. The monoisotopic (exact) mass is 399 g/mol. The Labute approximate surface area is 94.9 Å². The van der Waals surface area contributed by atoms with Crippen molar-refractivity contribution < 1.29 is 13.2 Å². The number of hydrogen-bond donors (Lipinski definition) is 0. The molecule has 0 aliphatic carbocycles. The van der Waals surface area contributed by atoms with E-state index in [1.165, 1.54) is 1.33 Å². The maximum absolute atomic E-state index is 12.6. The second-order valence-corrected chi connectivity index (χ2v) is 5.73. The summed E-state index contributed by atoms with van der Waals surface area (Å²) >= 11 is 3.64. The molecule has 6 heteroatoms.